The smallest absolute Gasteiger partial charge is 0.232 e. The van der Waals surface area contributed by atoms with Gasteiger partial charge in [0, 0.05) is 6.42 Å². The summed E-state index contributed by atoms with van der Waals surface area (Å²) < 4.78 is 14.2. The lowest BCUT2D eigenvalue weighted by molar-refractivity contribution is -0.117. The molecular weight excluding hydrogens is 281 g/mol. The van der Waals surface area contributed by atoms with Gasteiger partial charge in [-0.2, -0.15) is 0 Å². The first-order chi connectivity index (χ1) is 10.6. The molecule has 0 radical (unpaired) electrons. The summed E-state index contributed by atoms with van der Waals surface area (Å²) in [6.45, 7) is 1.89. The van der Waals surface area contributed by atoms with Crippen molar-refractivity contribution >= 4 is 11.6 Å². The van der Waals surface area contributed by atoms with Crippen LogP contribution in [-0.2, 0) is 11.2 Å². The van der Waals surface area contributed by atoms with Crippen molar-refractivity contribution in [1.82, 2.24) is 0 Å². The van der Waals surface area contributed by atoms with Crippen LogP contribution in [0.3, 0.4) is 0 Å². The number of carbonyl (C=O) groups is 1. The van der Waals surface area contributed by atoms with E-state index in [0.717, 1.165) is 5.56 Å². The zero-order valence-electron chi connectivity index (χ0n) is 12.3. The van der Waals surface area contributed by atoms with Crippen LogP contribution in [0.15, 0.2) is 42.5 Å². The molecule has 3 nitrogen and oxygen atoms in total. The third kappa shape index (κ3) is 2.62. The van der Waals surface area contributed by atoms with Gasteiger partial charge >= 0.3 is 0 Å². The average Bonchev–Trinajstić information content (AvgIpc) is 2.84. The molecule has 0 saturated heterocycles. The second-order valence-corrected chi connectivity index (χ2v) is 5.62. The highest BCUT2D eigenvalue weighted by atomic mass is 19.1. The summed E-state index contributed by atoms with van der Waals surface area (Å²) in [6.07, 6.45) is 0.226. The summed E-state index contributed by atoms with van der Waals surface area (Å²) in [6, 6.07) is 12.6. The predicted molar refractivity (Wildman–Crippen MR) is 83.2 cm³/mol. The van der Waals surface area contributed by atoms with Gasteiger partial charge in [0.25, 0.3) is 0 Å². The van der Waals surface area contributed by atoms with E-state index < -0.39 is 11.9 Å². The van der Waals surface area contributed by atoms with Crippen LogP contribution in [0.1, 0.15) is 42.1 Å². The van der Waals surface area contributed by atoms with E-state index in [9.17, 15) is 14.3 Å². The summed E-state index contributed by atoms with van der Waals surface area (Å²) in [4.78, 5) is 11.8. The number of rotatable bonds is 4. The highest BCUT2D eigenvalue weighted by Crippen LogP contribution is 2.38. The zero-order valence-corrected chi connectivity index (χ0v) is 12.3. The van der Waals surface area contributed by atoms with Crippen LogP contribution in [0.5, 0.6) is 0 Å². The van der Waals surface area contributed by atoms with Crippen LogP contribution < -0.4 is 5.32 Å². The van der Waals surface area contributed by atoms with Crippen LogP contribution in [0.4, 0.5) is 10.1 Å². The lowest BCUT2D eigenvalue weighted by Gasteiger charge is -2.14. The van der Waals surface area contributed by atoms with Gasteiger partial charge in [-0.1, -0.05) is 43.3 Å². The number of carbonyl (C=O) groups excluding carboxylic acids is 1. The van der Waals surface area contributed by atoms with E-state index in [-0.39, 0.29) is 17.5 Å². The number of anilines is 1. The normalized spacial score (nSPS) is 18.0. The molecule has 1 heterocycles. The minimum absolute atomic E-state index is 0.175. The molecule has 2 unspecified atom stereocenters. The molecule has 2 N–H and O–H groups in total. The van der Waals surface area contributed by atoms with Crippen molar-refractivity contribution < 1.29 is 14.3 Å². The van der Waals surface area contributed by atoms with Crippen molar-refractivity contribution in [2.24, 2.45) is 0 Å². The average molecular weight is 299 g/mol. The van der Waals surface area contributed by atoms with E-state index in [0.29, 0.717) is 24.0 Å². The summed E-state index contributed by atoms with van der Waals surface area (Å²) in [5.41, 5.74) is 2.40. The Hall–Kier alpha value is -2.20. The van der Waals surface area contributed by atoms with Crippen molar-refractivity contribution in [2.45, 2.75) is 31.8 Å². The first-order valence-corrected chi connectivity index (χ1v) is 7.46. The maximum atomic E-state index is 14.2. The molecule has 2 aromatic rings. The van der Waals surface area contributed by atoms with Gasteiger partial charge in [-0.05, 0) is 29.2 Å². The number of aliphatic hydroxyl groups is 1. The standard InChI is InChI=1S/C18H18FNO2/c1-2-13-14-9-12(10-15(19)17(14)20-18(13)22)16(21)8-11-6-4-3-5-7-11/h3-7,9-10,13,16,21H,2,8H2,1H3,(H,20,22). The fourth-order valence-electron chi connectivity index (χ4n) is 2.96. The lowest BCUT2D eigenvalue weighted by atomic mass is 9.93. The van der Waals surface area contributed by atoms with Gasteiger partial charge in [0.05, 0.1) is 17.7 Å². The topological polar surface area (TPSA) is 49.3 Å². The minimum Gasteiger partial charge on any atom is -0.388 e. The molecule has 114 valence electrons. The zero-order chi connectivity index (χ0) is 15.7. The van der Waals surface area contributed by atoms with Gasteiger partial charge < -0.3 is 10.4 Å². The lowest BCUT2D eigenvalue weighted by Crippen LogP contribution is -2.10. The Morgan fingerprint density at radius 3 is 2.68 bits per heavy atom. The quantitative estimate of drug-likeness (QED) is 0.907. The van der Waals surface area contributed by atoms with E-state index in [1.165, 1.54) is 6.07 Å². The van der Waals surface area contributed by atoms with Gasteiger partial charge in [-0.15, -0.1) is 0 Å². The van der Waals surface area contributed by atoms with Gasteiger partial charge in [0.15, 0.2) is 0 Å². The van der Waals surface area contributed by atoms with Crippen molar-refractivity contribution in [1.29, 1.82) is 0 Å². The summed E-state index contributed by atoms with van der Waals surface area (Å²) in [7, 11) is 0. The van der Waals surface area contributed by atoms with Crippen LogP contribution in [0.25, 0.3) is 0 Å². The SMILES string of the molecule is CCC1C(=O)Nc2c(F)cc(C(O)Cc3ccccc3)cc21. The summed E-state index contributed by atoms with van der Waals surface area (Å²) in [5, 5.41) is 13.0. The fraction of sp³-hybridized carbons (Fsp3) is 0.278. The van der Waals surface area contributed by atoms with Crippen molar-refractivity contribution in [3.8, 4) is 0 Å². The van der Waals surface area contributed by atoms with Crippen LogP contribution in [-0.4, -0.2) is 11.0 Å². The number of aliphatic hydroxyl groups excluding tert-OH is 1. The largest absolute Gasteiger partial charge is 0.388 e. The second kappa shape index (κ2) is 5.89. The molecule has 2 atom stereocenters. The van der Waals surface area contributed by atoms with Gasteiger partial charge in [0.2, 0.25) is 5.91 Å². The Balaban J connectivity index is 1.91. The molecule has 1 amide bonds. The van der Waals surface area contributed by atoms with E-state index in [4.69, 9.17) is 0 Å². The second-order valence-electron chi connectivity index (χ2n) is 5.62. The third-order valence-electron chi connectivity index (χ3n) is 4.15. The number of hydrogen-bond donors (Lipinski definition) is 2. The van der Waals surface area contributed by atoms with Crippen LogP contribution in [0.2, 0.25) is 0 Å². The van der Waals surface area contributed by atoms with Crippen LogP contribution >= 0.6 is 0 Å². The Labute approximate surface area is 128 Å². The Kier molecular flexibility index (Phi) is 3.94. The Morgan fingerprint density at radius 2 is 2.00 bits per heavy atom. The first-order valence-electron chi connectivity index (χ1n) is 7.46. The molecule has 2 aromatic carbocycles. The van der Waals surface area contributed by atoms with E-state index in [1.54, 1.807) is 6.07 Å². The molecule has 0 aromatic heterocycles. The van der Waals surface area contributed by atoms with Gasteiger partial charge in [0.1, 0.15) is 5.82 Å². The number of halogens is 1. The van der Waals surface area contributed by atoms with Crippen molar-refractivity contribution in [2.75, 3.05) is 5.32 Å². The van der Waals surface area contributed by atoms with E-state index >= 15 is 0 Å². The molecule has 4 heteroatoms. The van der Waals surface area contributed by atoms with Crippen molar-refractivity contribution in [3.05, 3.63) is 65.0 Å². The minimum atomic E-state index is -0.796. The maximum absolute atomic E-state index is 14.2. The number of hydrogen-bond acceptors (Lipinski definition) is 2. The number of fused-ring (bicyclic) bond motifs is 1. The number of amides is 1. The molecule has 1 aliphatic heterocycles. The number of nitrogens with one attached hydrogen (secondary N) is 1. The van der Waals surface area contributed by atoms with E-state index in [1.807, 2.05) is 37.3 Å². The third-order valence-corrected chi connectivity index (χ3v) is 4.15. The van der Waals surface area contributed by atoms with E-state index in [2.05, 4.69) is 5.32 Å². The van der Waals surface area contributed by atoms with Gasteiger partial charge in [-0.25, -0.2) is 4.39 Å². The summed E-state index contributed by atoms with van der Waals surface area (Å²) in [5.74, 6) is -0.997. The molecular formula is C18H18FNO2. The molecule has 1 aliphatic rings. The molecule has 0 fully saturated rings. The molecule has 22 heavy (non-hydrogen) atoms. The fourth-order valence-corrected chi connectivity index (χ4v) is 2.96. The molecule has 0 aliphatic carbocycles. The van der Waals surface area contributed by atoms with Crippen LogP contribution in [0, 0.1) is 5.82 Å². The molecule has 3 rings (SSSR count). The highest BCUT2D eigenvalue weighted by Gasteiger charge is 2.32. The van der Waals surface area contributed by atoms with Gasteiger partial charge in [-0.3, -0.25) is 4.79 Å². The Morgan fingerprint density at radius 1 is 1.27 bits per heavy atom. The molecule has 0 saturated carbocycles. The molecule has 0 spiro atoms. The Bertz CT molecular complexity index is 700. The predicted octanol–water partition coefficient (Wildman–Crippen LogP) is 3.55. The maximum Gasteiger partial charge on any atom is 0.232 e. The highest BCUT2D eigenvalue weighted by molar-refractivity contribution is 6.03. The molecule has 0 bridgehead atoms. The monoisotopic (exact) mass is 299 g/mol. The number of benzene rings is 2. The summed E-state index contributed by atoms with van der Waals surface area (Å²) >= 11 is 0. The van der Waals surface area contributed by atoms with Crippen molar-refractivity contribution in [3.63, 3.8) is 0 Å². The first kappa shape index (κ1) is 14.7.